The van der Waals surface area contributed by atoms with Gasteiger partial charge in [0.1, 0.15) is 5.75 Å². The zero-order valence-corrected chi connectivity index (χ0v) is 19.3. The maximum Gasteiger partial charge on any atom is 0.322 e. The van der Waals surface area contributed by atoms with Crippen LogP contribution in [0.15, 0.2) is 30.0 Å². The normalized spacial score (nSPS) is 29.2. The number of carbonyl (C=O) groups excluding carboxylic acids is 1. The number of carbonyl (C=O) groups is 2. The third-order valence-corrected chi connectivity index (χ3v) is 7.41. The van der Waals surface area contributed by atoms with Crippen molar-refractivity contribution in [2.45, 2.75) is 65.0 Å². The third kappa shape index (κ3) is 4.14. The summed E-state index contributed by atoms with van der Waals surface area (Å²) in [6, 6.07) is 5.43. The largest absolute Gasteiger partial charge is 0.491 e. The Morgan fingerprint density at radius 1 is 1.32 bits per heavy atom. The summed E-state index contributed by atoms with van der Waals surface area (Å²) in [6.45, 7) is 9.04. The summed E-state index contributed by atoms with van der Waals surface area (Å²) in [4.78, 5) is 25.8. The van der Waals surface area contributed by atoms with Gasteiger partial charge in [-0.05, 0) is 61.8 Å². The number of nitrogens with one attached hydrogen (secondary N) is 1. The Morgan fingerprint density at radius 2 is 2.00 bits per heavy atom. The third-order valence-electron chi connectivity index (χ3n) is 7.11. The summed E-state index contributed by atoms with van der Waals surface area (Å²) >= 11 is 6.56. The van der Waals surface area contributed by atoms with Crippen molar-refractivity contribution in [2.24, 2.45) is 17.3 Å². The van der Waals surface area contributed by atoms with Gasteiger partial charge in [-0.25, -0.2) is 4.79 Å². The SMILES string of the molecule is CC(C)C1=CN(C2CC(C(=O)O)C2)C(=O)NC1(C)c1ccc(OCC2(C)CC2)c(Cl)c1. The highest BCUT2D eigenvalue weighted by Crippen LogP contribution is 2.46. The Balaban J connectivity index is 1.58. The van der Waals surface area contributed by atoms with Crippen molar-refractivity contribution < 1.29 is 19.4 Å². The molecule has 1 aromatic carbocycles. The molecular formula is C24H31ClN2O4. The molecule has 1 heterocycles. The number of halogens is 1. The van der Waals surface area contributed by atoms with Crippen molar-refractivity contribution in [2.75, 3.05) is 6.61 Å². The summed E-state index contributed by atoms with van der Waals surface area (Å²) in [5.74, 6) is -0.325. The number of benzene rings is 1. The summed E-state index contributed by atoms with van der Waals surface area (Å²) in [6.07, 6.45) is 5.24. The van der Waals surface area contributed by atoms with Gasteiger partial charge in [0, 0.05) is 17.7 Å². The Labute approximate surface area is 188 Å². The molecule has 1 aromatic rings. The number of amides is 2. The minimum Gasteiger partial charge on any atom is -0.491 e. The first-order chi connectivity index (χ1) is 14.5. The topological polar surface area (TPSA) is 78.9 Å². The molecule has 1 aliphatic heterocycles. The second-order valence-corrected chi connectivity index (χ2v) is 10.5. The first-order valence-electron chi connectivity index (χ1n) is 11.0. The minimum absolute atomic E-state index is 0.0810. The lowest BCUT2D eigenvalue weighted by molar-refractivity contribution is -0.146. The molecule has 6 nitrogen and oxygen atoms in total. The van der Waals surface area contributed by atoms with Gasteiger partial charge in [0.25, 0.3) is 0 Å². The standard InChI is InChI=1S/C24H31ClN2O4/c1-14(2)18-12-27(17-9-15(10-17)21(28)29)22(30)26-24(18,4)16-5-6-20(19(25)11-16)31-13-23(3)7-8-23/h5-6,11-12,14-15,17H,7-10,13H2,1-4H3,(H,26,30)(H,28,29). The fraction of sp³-hybridized carbons (Fsp3) is 0.583. The molecule has 4 rings (SSSR count). The van der Waals surface area contributed by atoms with E-state index in [-0.39, 0.29) is 29.3 Å². The van der Waals surface area contributed by atoms with Crippen LogP contribution in [-0.2, 0) is 10.3 Å². The van der Waals surface area contributed by atoms with Gasteiger partial charge in [-0.15, -0.1) is 0 Å². The average molecular weight is 447 g/mol. The van der Waals surface area contributed by atoms with E-state index in [1.165, 1.54) is 12.8 Å². The zero-order valence-electron chi connectivity index (χ0n) is 18.6. The molecule has 2 aliphatic carbocycles. The highest BCUT2D eigenvalue weighted by atomic mass is 35.5. The van der Waals surface area contributed by atoms with Crippen LogP contribution in [0, 0.1) is 17.3 Å². The van der Waals surface area contributed by atoms with Crippen LogP contribution in [-0.4, -0.2) is 34.7 Å². The summed E-state index contributed by atoms with van der Waals surface area (Å²) < 4.78 is 5.94. The monoisotopic (exact) mass is 446 g/mol. The van der Waals surface area contributed by atoms with Crippen LogP contribution in [0.5, 0.6) is 5.75 Å². The molecule has 2 saturated carbocycles. The predicted molar refractivity (Wildman–Crippen MR) is 119 cm³/mol. The van der Waals surface area contributed by atoms with Crippen LogP contribution in [0.25, 0.3) is 0 Å². The van der Waals surface area contributed by atoms with Gasteiger partial charge in [0.05, 0.1) is 23.1 Å². The predicted octanol–water partition coefficient (Wildman–Crippen LogP) is 5.16. The number of rotatable bonds is 7. The zero-order chi connectivity index (χ0) is 22.6. The van der Waals surface area contributed by atoms with E-state index in [9.17, 15) is 9.59 Å². The lowest BCUT2D eigenvalue weighted by atomic mass is 9.76. The van der Waals surface area contributed by atoms with E-state index in [2.05, 4.69) is 26.1 Å². The van der Waals surface area contributed by atoms with E-state index < -0.39 is 11.5 Å². The van der Waals surface area contributed by atoms with E-state index in [0.717, 1.165) is 11.1 Å². The molecule has 2 N–H and O–H groups in total. The molecule has 2 fully saturated rings. The van der Waals surface area contributed by atoms with Crippen LogP contribution < -0.4 is 10.1 Å². The number of carboxylic acid groups (broad SMARTS) is 1. The van der Waals surface area contributed by atoms with Crippen molar-refractivity contribution in [3.05, 3.63) is 40.6 Å². The maximum absolute atomic E-state index is 13.0. The average Bonchev–Trinajstić information content (AvgIpc) is 3.38. The molecule has 0 saturated heterocycles. The van der Waals surface area contributed by atoms with Crippen molar-refractivity contribution in [3.8, 4) is 5.75 Å². The molecule has 31 heavy (non-hydrogen) atoms. The second kappa shape index (κ2) is 7.73. The van der Waals surface area contributed by atoms with E-state index >= 15 is 0 Å². The van der Waals surface area contributed by atoms with Gasteiger partial charge in [0.2, 0.25) is 0 Å². The molecular weight excluding hydrogens is 416 g/mol. The van der Waals surface area contributed by atoms with Crippen LogP contribution >= 0.6 is 11.6 Å². The lowest BCUT2D eigenvalue weighted by Gasteiger charge is -2.47. The van der Waals surface area contributed by atoms with Crippen LogP contribution in [0.4, 0.5) is 4.79 Å². The molecule has 0 radical (unpaired) electrons. The van der Waals surface area contributed by atoms with Gasteiger partial charge < -0.3 is 15.2 Å². The van der Waals surface area contributed by atoms with Crippen molar-refractivity contribution >= 4 is 23.6 Å². The number of hydrogen-bond donors (Lipinski definition) is 2. The van der Waals surface area contributed by atoms with Crippen LogP contribution in [0.3, 0.4) is 0 Å². The van der Waals surface area contributed by atoms with Crippen molar-refractivity contribution in [1.29, 1.82) is 0 Å². The Morgan fingerprint density at radius 3 is 2.55 bits per heavy atom. The molecule has 2 amide bonds. The summed E-state index contributed by atoms with van der Waals surface area (Å²) in [5, 5.41) is 12.9. The van der Waals surface area contributed by atoms with Gasteiger partial charge >= 0.3 is 12.0 Å². The number of carboxylic acids is 1. The van der Waals surface area contributed by atoms with E-state index in [4.69, 9.17) is 21.4 Å². The molecule has 1 atom stereocenters. The highest BCUT2D eigenvalue weighted by molar-refractivity contribution is 6.32. The number of aliphatic carboxylic acids is 1. The number of nitrogens with zero attached hydrogens (tertiary/aromatic N) is 1. The van der Waals surface area contributed by atoms with Gasteiger partial charge in [-0.3, -0.25) is 9.69 Å². The quantitative estimate of drug-likeness (QED) is 0.606. The molecule has 3 aliphatic rings. The van der Waals surface area contributed by atoms with Crippen LogP contribution in [0.1, 0.15) is 58.9 Å². The first-order valence-corrected chi connectivity index (χ1v) is 11.4. The number of urea groups is 1. The van der Waals surface area contributed by atoms with E-state index in [1.807, 2.05) is 31.3 Å². The summed E-state index contributed by atoms with van der Waals surface area (Å²) in [5.41, 5.74) is 1.51. The van der Waals surface area contributed by atoms with E-state index in [1.54, 1.807) is 4.90 Å². The van der Waals surface area contributed by atoms with Crippen molar-refractivity contribution in [1.82, 2.24) is 10.2 Å². The Bertz CT molecular complexity index is 934. The lowest BCUT2D eigenvalue weighted by Crippen LogP contribution is -2.59. The second-order valence-electron chi connectivity index (χ2n) is 10.1. The fourth-order valence-corrected chi connectivity index (χ4v) is 4.71. The van der Waals surface area contributed by atoms with E-state index in [0.29, 0.717) is 30.2 Å². The smallest absolute Gasteiger partial charge is 0.322 e. The Kier molecular flexibility index (Phi) is 5.49. The van der Waals surface area contributed by atoms with Crippen LogP contribution in [0.2, 0.25) is 5.02 Å². The molecule has 7 heteroatoms. The first kappa shape index (κ1) is 22.0. The van der Waals surface area contributed by atoms with Crippen molar-refractivity contribution in [3.63, 3.8) is 0 Å². The highest BCUT2D eigenvalue weighted by Gasteiger charge is 2.45. The van der Waals surface area contributed by atoms with Gasteiger partial charge in [-0.1, -0.05) is 38.4 Å². The Hall–Kier alpha value is -2.21. The molecule has 0 bridgehead atoms. The van der Waals surface area contributed by atoms with Gasteiger partial charge in [0.15, 0.2) is 0 Å². The summed E-state index contributed by atoms with van der Waals surface area (Å²) in [7, 11) is 0. The number of hydrogen-bond acceptors (Lipinski definition) is 3. The fourth-order valence-electron chi connectivity index (χ4n) is 4.48. The molecule has 168 valence electrons. The maximum atomic E-state index is 13.0. The number of ether oxygens (including phenoxy) is 1. The molecule has 0 spiro atoms. The molecule has 0 aromatic heterocycles. The molecule has 1 unspecified atom stereocenters. The minimum atomic E-state index is -0.792. The van der Waals surface area contributed by atoms with Gasteiger partial charge in [-0.2, -0.15) is 0 Å².